The Balaban J connectivity index is 1.49. The first-order valence-corrected chi connectivity index (χ1v) is 16.0. The first-order chi connectivity index (χ1) is 23.0. The number of aliphatic hydroxyl groups is 1. The number of carbonyl (C=O) groups excluding carboxylic acids is 3. The SMILES string of the molecule is COC(=O)c1nc2oc1C13c4cc(ccc4O[C@@H]1Nc1c(-c4ccncc4)cccc13)C[C@H](NC(=O)[C@@H](O)C(C)C)C(=O)N[C@H]2C(C)C. The monoisotopic (exact) mass is 651 g/mol. The van der Waals surface area contributed by atoms with Gasteiger partial charge in [0.1, 0.15) is 29.4 Å². The number of aromatic nitrogens is 2. The lowest BCUT2D eigenvalue weighted by Crippen LogP contribution is -2.52. The van der Waals surface area contributed by atoms with Crippen LogP contribution in [0.5, 0.6) is 5.75 Å². The molecule has 7 rings (SSSR count). The fourth-order valence-electron chi connectivity index (χ4n) is 6.94. The van der Waals surface area contributed by atoms with E-state index in [1.807, 2.05) is 62.4 Å². The molecule has 2 amide bonds. The van der Waals surface area contributed by atoms with Gasteiger partial charge in [0.05, 0.1) is 7.11 Å². The van der Waals surface area contributed by atoms with Crippen LogP contribution in [0.2, 0.25) is 0 Å². The van der Waals surface area contributed by atoms with Crippen molar-refractivity contribution < 1.29 is 33.4 Å². The Morgan fingerprint density at radius 1 is 1.06 bits per heavy atom. The van der Waals surface area contributed by atoms with Crippen molar-refractivity contribution in [3.8, 4) is 16.9 Å². The van der Waals surface area contributed by atoms with Crippen molar-refractivity contribution in [3.63, 3.8) is 0 Å². The highest BCUT2D eigenvalue weighted by Crippen LogP contribution is 2.60. The lowest BCUT2D eigenvalue weighted by molar-refractivity contribution is -0.135. The number of methoxy groups -OCH3 is 1. The van der Waals surface area contributed by atoms with Crippen LogP contribution < -0.4 is 20.7 Å². The number of nitrogens with zero attached hydrogens (tertiary/aromatic N) is 2. The van der Waals surface area contributed by atoms with Crippen LogP contribution in [0.4, 0.5) is 5.69 Å². The lowest BCUT2D eigenvalue weighted by atomic mass is 9.72. The Hall–Kier alpha value is -5.23. The molecule has 4 N–H and O–H groups in total. The minimum absolute atomic E-state index is 0.0348. The molecule has 5 atom stereocenters. The molecule has 3 aliphatic rings. The molecular weight excluding hydrogens is 614 g/mol. The zero-order valence-corrected chi connectivity index (χ0v) is 27.2. The molecule has 3 aliphatic heterocycles. The average molecular weight is 652 g/mol. The van der Waals surface area contributed by atoms with Crippen LogP contribution >= 0.6 is 0 Å². The molecule has 1 spiro atoms. The van der Waals surface area contributed by atoms with Crippen molar-refractivity contribution in [2.75, 3.05) is 12.4 Å². The Bertz CT molecular complexity index is 1920. The van der Waals surface area contributed by atoms with Crippen molar-refractivity contribution in [2.24, 2.45) is 11.8 Å². The van der Waals surface area contributed by atoms with E-state index >= 15 is 0 Å². The third-order valence-corrected chi connectivity index (χ3v) is 9.45. The zero-order valence-electron chi connectivity index (χ0n) is 27.2. The van der Waals surface area contributed by atoms with Gasteiger partial charge in [-0.2, -0.15) is 0 Å². The molecule has 5 heterocycles. The van der Waals surface area contributed by atoms with Crippen molar-refractivity contribution in [2.45, 2.75) is 63.9 Å². The number of hydrogen-bond donors (Lipinski definition) is 4. The number of rotatable bonds is 6. The Labute approximate surface area is 277 Å². The average Bonchev–Trinajstić information content (AvgIpc) is 3.75. The van der Waals surface area contributed by atoms with Gasteiger partial charge in [-0.05, 0) is 41.2 Å². The summed E-state index contributed by atoms with van der Waals surface area (Å²) in [5.74, 6) is -1.53. The van der Waals surface area contributed by atoms with E-state index in [0.29, 0.717) is 11.3 Å². The van der Waals surface area contributed by atoms with Crippen LogP contribution in [0.3, 0.4) is 0 Å². The van der Waals surface area contributed by atoms with E-state index < -0.39 is 47.6 Å². The van der Waals surface area contributed by atoms with Crippen LogP contribution in [0.25, 0.3) is 11.1 Å². The molecule has 4 aromatic rings. The number of anilines is 1. The zero-order chi connectivity index (χ0) is 33.9. The Morgan fingerprint density at radius 2 is 1.83 bits per heavy atom. The smallest absolute Gasteiger partial charge is 0.360 e. The number of para-hydroxylation sites is 1. The second-order valence-electron chi connectivity index (χ2n) is 13.2. The van der Waals surface area contributed by atoms with E-state index in [2.05, 4.69) is 20.9 Å². The minimum Gasteiger partial charge on any atom is -0.469 e. The predicted molar refractivity (Wildman–Crippen MR) is 174 cm³/mol. The number of amides is 2. The molecule has 48 heavy (non-hydrogen) atoms. The third kappa shape index (κ3) is 4.81. The maximum atomic E-state index is 13.9. The molecule has 248 valence electrons. The normalized spacial score (nSPS) is 22.8. The van der Waals surface area contributed by atoms with Gasteiger partial charge in [0.2, 0.25) is 17.7 Å². The van der Waals surface area contributed by atoms with Crippen molar-refractivity contribution in [1.29, 1.82) is 0 Å². The molecule has 0 saturated heterocycles. The standard InChI is InChI=1S/C36H37N5O7/c1-17(2)26-33-40-28(34(45)46-5)30(48-33)36-22-8-6-7-21(20-11-13-37-14-12-20)27(22)41-35(36)47-25-10-9-19(15-23(25)36)16-24(31(43)39-26)38-32(44)29(42)18(3)4/h6-15,17-18,24,26,29,35,41-42H,16H2,1-5H3,(H,38,44)(H,39,43)/t24-,26-,29-,35-,36?/m0/s1. The van der Waals surface area contributed by atoms with Crippen LogP contribution in [0.1, 0.15) is 72.6 Å². The number of hydrogen-bond acceptors (Lipinski definition) is 10. The molecular formula is C36H37N5O7. The molecule has 4 bridgehead atoms. The molecule has 0 fully saturated rings. The Kier molecular flexibility index (Phi) is 7.70. The summed E-state index contributed by atoms with van der Waals surface area (Å²) in [5.41, 5.74) is 3.63. The second kappa shape index (κ2) is 11.8. The summed E-state index contributed by atoms with van der Waals surface area (Å²) in [7, 11) is 1.28. The largest absolute Gasteiger partial charge is 0.469 e. The Morgan fingerprint density at radius 3 is 2.54 bits per heavy atom. The maximum Gasteiger partial charge on any atom is 0.360 e. The van der Waals surface area contributed by atoms with Crippen LogP contribution in [0, 0.1) is 11.8 Å². The number of ether oxygens (including phenoxy) is 2. The van der Waals surface area contributed by atoms with E-state index in [9.17, 15) is 19.5 Å². The van der Waals surface area contributed by atoms with Gasteiger partial charge in [0.15, 0.2) is 17.7 Å². The number of aliphatic hydroxyl groups excluding tert-OH is 1. The fraction of sp³-hybridized carbons (Fsp3) is 0.361. The number of oxazole rings is 1. The van der Waals surface area contributed by atoms with Gasteiger partial charge in [-0.1, -0.05) is 58.0 Å². The first-order valence-electron chi connectivity index (χ1n) is 16.0. The summed E-state index contributed by atoms with van der Waals surface area (Å²) in [5, 5.41) is 19.9. The summed E-state index contributed by atoms with van der Waals surface area (Å²) < 4.78 is 18.5. The van der Waals surface area contributed by atoms with Crippen molar-refractivity contribution >= 4 is 23.5 Å². The number of esters is 1. The molecule has 0 radical (unpaired) electrons. The van der Waals surface area contributed by atoms with E-state index in [4.69, 9.17) is 18.9 Å². The van der Waals surface area contributed by atoms with Crippen molar-refractivity contribution in [1.82, 2.24) is 20.6 Å². The van der Waals surface area contributed by atoms with Gasteiger partial charge in [0.25, 0.3) is 0 Å². The van der Waals surface area contributed by atoms with Gasteiger partial charge in [-0.15, -0.1) is 0 Å². The molecule has 2 aromatic heterocycles. The van der Waals surface area contributed by atoms with Crippen LogP contribution in [-0.4, -0.2) is 58.3 Å². The van der Waals surface area contributed by atoms with Gasteiger partial charge in [0, 0.05) is 41.2 Å². The molecule has 12 heteroatoms. The van der Waals surface area contributed by atoms with Gasteiger partial charge in [-0.3, -0.25) is 14.6 Å². The number of benzene rings is 2. The number of pyridine rings is 1. The summed E-state index contributed by atoms with van der Waals surface area (Å²) in [6, 6.07) is 13.5. The third-order valence-electron chi connectivity index (χ3n) is 9.45. The summed E-state index contributed by atoms with van der Waals surface area (Å²) in [6.07, 6.45) is 1.53. The second-order valence-corrected chi connectivity index (χ2v) is 13.2. The quantitative estimate of drug-likeness (QED) is 0.225. The number of fused-ring (bicyclic) bond motifs is 4. The van der Waals surface area contributed by atoms with Crippen molar-refractivity contribution in [3.05, 3.63) is 95.0 Å². The van der Waals surface area contributed by atoms with E-state index in [1.54, 1.807) is 26.2 Å². The van der Waals surface area contributed by atoms with Crippen LogP contribution in [0.15, 0.2) is 65.3 Å². The predicted octanol–water partition coefficient (Wildman–Crippen LogP) is 3.87. The van der Waals surface area contributed by atoms with E-state index in [1.165, 1.54) is 7.11 Å². The summed E-state index contributed by atoms with van der Waals surface area (Å²) in [4.78, 5) is 49.4. The van der Waals surface area contributed by atoms with Gasteiger partial charge in [-0.25, -0.2) is 9.78 Å². The highest BCUT2D eigenvalue weighted by Gasteiger charge is 2.61. The minimum atomic E-state index is -1.30. The molecule has 0 aliphatic carbocycles. The first kappa shape index (κ1) is 31.4. The van der Waals surface area contributed by atoms with Gasteiger partial charge >= 0.3 is 5.97 Å². The fourth-order valence-corrected chi connectivity index (χ4v) is 6.94. The molecule has 1 unspecified atom stereocenters. The molecule has 12 nitrogen and oxygen atoms in total. The highest BCUT2D eigenvalue weighted by atomic mass is 16.5. The number of nitrogens with one attached hydrogen (secondary N) is 3. The number of carbonyl (C=O) groups is 3. The topological polar surface area (TPSA) is 165 Å². The lowest BCUT2D eigenvalue weighted by Gasteiger charge is -2.29. The van der Waals surface area contributed by atoms with Gasteiger partial charge < -0.3 is 34.9 Å². The van der Waals surface area contributed by atoms with Crippen LogP contribution in [-0.2, 0) is 26.2 Å². The highest BCUT2D eigenvalue weighted by molar-refractivity contribution is 5.93. The summed E-state index contributed by atoms with van der Waals surface area (Å²) >= 11 is 0. The summed E-state index contributed by atoms with van der Waals surface area (Å²) in [6.45, 7) is 7.23. The molecule has 2 aromatic carbocycles. The van der Waals surface area contributed by atoms with E-state index in [0.717, 1.165) is 27.9 Å². The molecule has 0 saturated carbocycles. The van der Waals surface area contributed by atoms with E-state index in [-0.39, 0.29) is 35.6 Å². The maximum absolute atomic E-state index is 13.9.